The Labute approximate surface area is 184 Å². The summed E-state index contributed by atoms with van der Waals surface area (Å²) in [5.74, 6) is -4.78. The van der Waals surface area contributed by atoms with Crippen molar-refractivity contribution in [2.75, 3.05) is 13.6 Å². The van der Waals surface area contributed by atoms with Crippen molar-refractivity contribution in [1.29, 1.82) is 0 Å². The van der Waals surface area contributed by atoms with Crippen LogP contribution < -0.4 is 11.1 Å². The van der Waals surface area contributed by atoms with E-state index in [0.717, 1.165) is 12.6 Å². The molecule has 0 spiro atoms. The number of nitrogens with zero attached hydrogens (tertiary/aromatic N) is 3. The van der Waals surface area contributed by atoms with E-state index in [-0.39, 0.29) is 22.5 Å². The zero-order chi connectivity index (χ0) is 23.8. The lowest BCUT2D eigenvalue weighted by molar-refractivity contribution is -0.120. The summed E-state index contributed by atoms with van der Waals surface area (Å²) < 4.78 is 43.5. The number of nitrogens with two attached hydrogens (primary N) is 1. The van der Waals surface area contributed by atoms with Gasteiger partial charge in [0.05, 0.1) is 11.3 Å². The Morgan fingerprint density at radius 2 is 1.81 bits per heavy atom. The number of halogens is 3. The Balaban J connectivity index is 2.08. The Hall–Kier alpha value is -2.88. The first-order chi connectivity index (χ1) is 14.9. The van der Waals surface area contributed by atoms with Gasteiger partial charge in [-0.3, -0.25) is 9.59 Å². The van der Waals surface area contributed by atoms with Crippen LogP contribution in [0.25, 0.3) is 11.4 Å². The molecule has 2 amide bonds. The van der Waals surface area contributed by atoms with E-state index in [1.54, 1.807) is 4.57 Å². The van der Waals surface area contributed by atoms with Gasteiger partial charge in [0.1, 0.15) is 17.7 Å². The maximum absolute atomic E-state index is 14.5. The van der Waals surface area contributed by atoms with E-state index in [9.17, 15) is 22.8 Å². The SMILES string of the molecule is CN1CCCn2c(-c3cc(F)c(F)cc3F)nc(C(=O)NC(CC(C)(C)C)C(N)=O)c2C1. The molecule has 0 aliphatic carbocycles. The summed E-state index contributed by atoms with van der Waals surface area (Å²) >= 11 is 0. The first-order valence-electron chi connectivity index (χ1n) is 10.4. The van der Waals surface area contributed by atoms with Crippen LogP contribution in [0.2, 0.25) is 0 Å². The van der Waals surface area contributed by atoms with Crippen molar-refractivity contribution < 1.29 is 22.8 Å². The molecule has 1 unspecified atom stereocenters. The fourth-order valence-corrected chi connectivity index (χ4v) is 3.86. The summed E-state index contributed by atoms with van der Waals surface area (Å²) in [6, 6.07) is 0.274. The van der Waals surface area contributed by atoms with Gasteiger partial charge in [-0.2, -0.15) is 0 Å². The van der Waals surface area contributed by atoms with Gasteiger partial charge in [0.25, 0.3) is 5.91 Å². The quantitative estimate of drug-likeness (QED) is 0.684. The van der Waals surface area contributed by atoms with Crippen LogP contribution in [0.1, 0.15) is 49.8 Å². The summed E-state index contributed by atoms with van der Waals surface area (Å²) in [4.78, 5) is 31.4. The first-order valence-corrected chi connectivity index (χ1v) is 10.4. The van der Waals surface area contributed by atoms with Crippen LogP contribution in [0.3, 0.4) is 0 Å². The third kappa shape index (κ3) is 5.12. The number of fused-ring (bicyclic) bond motifs is 1. The van der Waals surface area contributed by atoms with Crippen LogP contribution in [-0.2, 0) is 17.9 Å². The normalized spacial score (nSPS) is 15.7. The van der Waals surface area contributed by atoms with Gasteiger partial charge in [-0.15, -0.1) is 0 Å². The molecule has 0 radical (unpaired) electrons. The molecule has 1 aromatic carbocycles. The minimum atomic E-state index is -1.31. The summed E-state index contributed by atoms with van der Waals surface area (Å²) in [6.45, 7) is 7.21. The van der Waals surface area contributed by atoms with Crippen LogP contribution in [0.5, 0.6) is 0 Å². The van der Waals surface area contributed by atoms with E-state index in [2.05, 4.69) is 10.3 Å². The van der Waals surface area contributed by atoms with Crippen molar-refractivity contribution in [3.05, 3.63) is 41.0 Å². The molecule has 1 aliphatic heterocycles. The minimum absolute atomic E-state index is 0.00181. The molecular weight excluding hydrogens is 423 g/mol. The van der Waals surface area contributed by atoms with Gasteiger partial charge in [-0.05, 0) is 37.9 Å². The number of carbonyl (C=O) groups excluding carboxylic acids is 2. The molecule has 0 saturated heterocycles. The molecule has 174 valence electrons. The smallest absolute Gasteiger partial charge is 0.272 e. The molecule has 1 aromatic heterocycles. The lowest BCUT2D eigenvalue weighted by atomic mass is 9.88. The summed E-state index contributed by atoms with van der Waals surface area (Å²) in [6.07, 6.45) is 1.00. The van der Waals surface area contributed by atoms with Gasteiger partial charge in [0.2, 0.25) is 5.91 Å². The van der Waals surface area contributed by atoms with Crippen molar-refractivity contribution in [2.45, 2.75) is 52.7 Å². The largest absolute Gasteiger partial charge is 0.368 e. The molecule has 0 fully saturated rings. The van der Waals surface area contributed by atoms with E-state index >= 15 is 0 Å². The van der Waals surface area contributed by atoms with Gasteiger partial charge in [-0.1, -0.05) is 20.8 Å². The van der Waals surface area contributed by atoms with E-state index in [0.29, 0.717) is 37.7 Å². The second-order valence-electron chi connectivity index (χ2n) is 9.41. The average Bonchev–Trinajstić information content (AvgIpc) is 2.89. The number of imidazole rings is 1. The highest BCUT2D eigenvalue weighted by molar-refractivity contribution is 5.97. The number of aromatic nitrogens is 2. The number of hydrogen-bond donors (Lipinski definition) is 2. The van der Waals surface area contributed by atoms with E-state index in [1.165, 1.54) is 0 Å². The number of primary amides is 1. The highest BCUT2D eigenvalue weighted by Gasteiger charge is 2.31. The zero-order valence-electron chi connectivity index (χ0n) is 18.6. The first kappa shape index (κ1) is 23.8. The molecule has 0 saturated carbocycles. The van der Waals surface area contributed by atoms with Crippen molar-refractivity contribution in [3.8, 4) is 11.4 Å². The van der Waals surface area contributed by atoms with Crippen LogP contribution in [-0.4, -0.2) is 45.9 Å². The Morgan fingerprint density at radius 3 is 2.44 bits per heavy atom. The lowest BCUT2D eigenvalue weighted by Crippen LogP contribution is -2.46. The number of hydrogen-bond acceptors (Lipinski definition) is 4. The molecule has 32 heavy (non-hydrogen) atoms. The van der Waals surface area contributed by atoms with Crippen LogP contribution in [0, 0.1) is 22.9 Å². The van der Waals surface area contributed by atoms with Gasteiger partial charge >= 0.3 is 0 Å². The molecular formula is C22H28F3N5O2. The molecule has 0 bridgehead atoms. The molecule has 2 aromatic rings. The fourth-order valence-electron chi connectivity index (χ4n) is 3.86. The highest BCUT2D eigenvalue weighted by atomic mass is 19.2. The van der Waals surface area contributed by atoms with Gasteiger partial charge in [-0.25, -0.2) is 18.2 Å². The predicted octanol–water partition coefficient (Wildman–Crippen LogP) is 2.82. The van der Waals surface area contributed by atoms with Gasteiger partial charge in [0, 0.05) is 19.2 Å². The Morgan fingerprint density at radius 1 is 1.16 bits per heavy atom. The number of benzene rings is 1. The fraction of sp³-hybridized carbons (Fsp3) is 0.500. The molecule has 1 atom stereocenters. The second-order valence-corrected chi connectivity index (χ2v) is 9.41. The molecule has 1 aliphatic rings. The number of carbonyl (C=O) groups is 2. The van der Waals surface area contributed by atoms with E-state index in [1.807, 2.05) is 32.7 Å². The summed E-state index contributed by atoms with van der Waals surface area (Å²) in [5, 5.41) is 2.64. The monoisotopic (exact) mass is 451 g/mol. The van der Waals surface area contributed by atoms with Crippen molar-refractivity contribution in [3.63, 3.8) is 0 Å². The molecule has 2 heterocycles. The third-order valence-electron chi connectivity index (χ3n) is 5.34. The highest BCUT2D eigenvalue weighted by Crippen LogP contribution is 2.29. The molecule has 3 N–H and O–H groups in total. The van der Waals surface area contributed by atoms with Gasteiger partial charge in [0.15, 0.2) is 17.3 Å². The van der Waals surface area contributed by atoms with Crippen LogP contribution in [0.15, 0.2) is 12.1 Å². The summed E-state index contributed by atoms with van der Waals surface area (Å²) in [5.41, 5.74) is 5.47. The Bertz CT molecular complexity index is 1050. The number of rotatable bonds is 5. The average molecular weight is 451 g/mol. The van der Waals surface area contributed by atoms with Crippen molar-refractivity contribution in [2.24, 2.45) is 11.1 Å². The van der Waals surface area contributed by atoms with E-state index in [4.69, 9.17) is 5.73 Å². The minimum Gasteiger partial charge on any atom is -0.368 e. The Kier molecular flexibility index (Phi) is 6.64. The zero-order valence-corrected chi connectivity index (χ0v) is 18.6. The molecule has 7 nitrogen and oxygen atoms in total. The van der Waals surface area contributed by atoms with Crippen molar-refractivity contribution in [1.82, 2.24) is 19.8 Å². The van der Waals surface area contributed by atoms with Gasteiger partial charge < -0.3 is 20.5 Å². The van der Waals surface area contributed by atoms with E-state index < -0.39 is 35.3 Å². The molecule has 10 heteroatoms. The summed E-state index contributed by atoms with van der Waals surface area (Å²) in [7, 11) is 1.87. The van der Waals surface area contributed by atoms with Crippen molar-refractivity contribution >= 4 is 11.8 Å². The van der Waals surface area contributed by atoms with Crippen LogP contribution >= 0.6 is 0 Å². The maximum Gasteiger partial charge on any atom is 0.272 e. The maximum atomic E-state index is 14.5. The predicted molar refractivity (Wildman–Crippen MR) is 113 cm³/mol. The number of amides is 2. The molecule has 3 rings (SSSR count). The third-order valence-corrected chi connectivity index (χ3v) is 5.34. The topological polar surface area (TPSA) is 93.2 Å². The van der Waals surface area contributed by atoms with Crippen LogP contribution in [0.4, 0.5) is 13.2 Å². The number of nitrogens with one attached hydrogen (secondary N) is 1. The second kappa shape index (κ2) is 8.93. The lowest BCUT2D eigenvalue weighted by Gasteiger charge is -2.24. The standard InChI is InChI=1S/C22H28F3N5O2/c1-22(2,3)10-16(19(26)31)27-21(32)18-17-11-29(4)6-5-7-30(17)20(28-18)12-8-14(24)15(25)9-13(12)23/h8-9,16H,5-7,10-11H2,1-4H3,(H2,26,31)(H,27,32).